The maximum Gasteiger partial charge on any atom is 0.328 e. The van der Waals surface area contributed by atoms with E-state index >= 15 is 0 Å². The van der Waals surface area contributed by atoms with Gasteiger partial charge >= 0.3 is 11.9 Å². The summed E-state index contributed by atoms with van der Waals surface area (Å²) in [4.78, 5) is 36.1. The maximum atomic E-state index is 13.1. The van der Waals surface area contributed by atoms with Gasteiger partial charge in [-0.2, -0.15) is 0 Å². The van der Waals surface area contributed by atoms with Gasteiger partial charge in [0.2, 0.25) is 0 Å². The minimum Gasteiger partial charge on any atom is -0.478 e. The zero-order chi connectivity index (χ0) is 23.7. The van der Waals surface area contributed by atoms with Crippen molar-refractivity contribution >= 4 is 35.1 Å². The molecule has 0 aromatic heterocycles. The quantitative estimate of drug-likeness (QED) is 0.567. The van der Waals surface area contributed by atoms with Crippen LogP contribution in [0.1, 0.15) is 17.3 Å². The average Bonchev–Trinajstić information content (AvgIpc) is 3.14. The van der Waals surface area contributed by atoms with Crippen molar-refractivity contribution in [2.75, 3.05) is 24.5 Å². The van der Waals surface area contributed by atoms with E-state index in [1.807, 2.05) is 30.3 Å². The molecule has 2 aromatic carbocycles. The number of carbonyl (C=O) groups is 3. The van der Waals surface area contributed by atoms with Crippen LogP contribution in [-0.2, 0) is 9.59 Å². The third-order valence-electron chi connectivity index (χ3n) is 4.83. The SMILES string of the molecule is CCN1C[C@H](O)[C@@H](N(C(=O)c2ccc(Cl)cc2)c2ccccc2)C1.O=C(O)/C=C/C(=O)O. The number of carboxylic acids is 2. The first-order chi connectivity index (χ1) is 15.2. The molecule has 1 aliphatic heterocycles. The molecule has 1 saturated heterocycles. The lowest BCUT2D eigenvalue weighted by Crippen LogP contribution is -2.47. The van der Waals surface area contributed by atoms with Crippen LogP contribution in [0, 0.1) is 0 Å². The Morgan fingerprint density at radius 1 is 1.00 bits per heavy atom. The third-order valence-corrected chi connectivity index (χ3v) is 5.08. The van der Waals surface area contributed by atoms with E-state index in [-0.39, 0.29) is 11.9 Å². The van der Waals surface area contributed by atoms with Crippen molar-refractivity contribution in [3.05, 3.63) is 77.3 Å². The van der Waals surface area contributed by atoms with Crippen molar-refractivity contribution in [1.29, 1.82) is 0 Å². The van der Waals surface area contributed by atoms with Gasteiger partial charge in [-0.3, -0.25) is 9.69 Å². The van der Waals surface area contributed by atoms with Crippen molar-refractivity contribution < 1.29 is 29.7 Å². The molecule has 0 radical (unpaired) electrons. The van der Waals surface area contributed by atoms with E-state index in [0.717, 1.165) is 12.2 Å². The van der Waals surface area contributed by atoms with E-state index in [9.17, 15) is 19.5 Å². The number of carboxylic acid groups (broad SMARTS) is 2. The van der Waals surface area contributed by atoms with Gasteiger partial charge in [0.25, 0.3) is 5.91 Å². The number of halogens is 1. The summed E-state index contributed by atoms with van der Waals surface area (Å²) in [5.74, 6) is -2.64. The molecule has 32 heavy (non-hydrogen) atoms. The predicted molar refractivity (Wildman–Crippen MR) is 121 cm³/mol. The number of rotatable bonds is 6. The van der Waals surface area contributed by atoms with E-state index < -0.39 is 18.0 Å². The molecule has 1 heterocycles. The summed E-state index contributed by atoms with van der Waals surface area (Å²) in [6, 6.07) is 16.1. The first-order valence-electron chi connectivity index (χ1n) is 9.91. The van der Waals surface area contributed by atoms with Crippen LogP contribution in [-0.4, -0.2) is 69.8 Å². The Labute approximate surface area is 191 Å². The smallest absolute Gasteiger partial charge is 0.328 e. The molecule has 170 valence electrons. The first kappa shape index (κ1) is 25.1. The van der Waals surface area contributed by atoms with Crippen LogP contribution in [0.2, 0.25) is 5.02 Å². The van der Waals surface area contributed by atoms with Gasteiger partial charge in [0, 0.05) is 41.5 Å². The fourth-order valence-electron chi connectivity index (χ4n) is 3.28. The number of para-hydroxylation sites is 1. The van der Waals surface area contributed by atoms with Crippen LogP contribution in [0.4, 0.5) is 5.69 Å². The molecule has 1 fully saturated rings. The lowest BCUT2D eigenvalue weighted by Gasteiger charge is -2.31. The van der Waals surface area contributed by atoms with Gasteiger partial charge in [0.05, 0.1) is 12.1 Å². The van der Waals surface area contributed by atoms with Crippen LogP contribution in [0.25, 0.3) is 0 Å². The number of β-amino-alcohol motifs (C(OH)–C–C–N with tert-alkyl or cyclic N) is 1. The molecule has 1 amide bonds. The van der Waals surface area contributed by atoms with Crippen LogP contribution in [0.5, 0.6) is 0 Å². The highest BCUT2D eigenvalue weighted by atomic mass is 35.5. The van der Waals surface area contributed by atoms with Crippen molar-refractivity contribution in [2.45, 2.75) is 19.1 Å². The number of nitrogens with zero attached hydrogens (tertiary/aromatic N) is 2. The fourth-order valence-corrected chi connectivity index (χ4v) is 3.41. The zero-order valence-electron chi connectivity index (χ0n) is 17.5. The highest BCUT2D eigenvalue weighted by Gasteiger charge is 2.38. The lowest BCUT2D eigenvalue weighted by atomic mass is 10.1. The summed E-state index contributed by atoms with van der Waals surface area (Å²) in [7, 11) is 0. The highest BCUT2D eigenvalue weighted by Crippen LogP contribution is 2.26. The summed E-state index contributed by atoms with van der Waals surface area (Å²) in [5, 5.41) is 26.7. The molecule has 2 aromatic rings. The van der Waals surface area contributed by atoms with E-state index in [1.165, 1.54) is 0 Å². The Morgan fingerprint density at radius 2 is 1.56 bits per heavy atom. The largest absolute Gasteiger partial charge is 0.478 e. The number of benzene rings is 2. The Bertz CT molecular complexity index is 933. The number of anilines is 1. The summed E-state index contributed by atoms with van der Waals surface area (Å²) in [5.41, 5.74) is 1.35. The van der Waals surface area contributed by atoms with Crippen molar-refractivity contribution in [1.82, 2.24) is 4.90 Å². The molecule has 1 aliphatic rings. The number of amides is 1. The molecule has 3 N–H and O–H groups in total. The van der Waals surface area contributed by atoms with E-state index in [1.54, 1.807) is 29.2 Å². The fraction of sp³-hybridized carbons (Fsp3) is 0.261. The number of aliphatic carboxylic acids is 2. The van der Waals surface area contributed by atoms with E-state index in [4.69, 9.17) is 21.8 Å². The molecule has 0 aliphatic carbocycles. The van der Waals surface area contributed by atoms with Crippen LogP contribution in [0.15, 0.2) is 66.7 Å². The Kier molecular flexibility index (Phi) is 9.39. The van der Waals surface area contributed by atoms with Crippen molar-refractivity contribution in [3.63, 3.8) is 0 Å². The zero-order valence-corrected chi connectivity index (χ0v) is 18.2. The van der Waals surface area contributed by atoms with Gasteiger partial charge < -0.3 is 20.2 Å². The van der Waals surface area contributed by atoms with Crippen molar-refractivity contribution in [2.24, 2.45) is 0 Å². The van der Waals surface area contributed by atoms with Gasteiger partial charge in [-0.15, -0.1) is 0 Å². The lowest BCUT2D eigenvalue weighted by molar-refractivity contribution is -0.134. The molecule has 8 nitrogen and oxygen atoms in total. The summed E-state index contributed by atoms with van der Waals surface area (Å²) in [6.07, 6.45) is 0.548. The van der Waals surface area contributed by atoms with E-state index in [0.29, 0.717) is 35.8 Å². The summed E-state index contributed by atoms with van der Waals surface area (Å²) >= 11 is 5.93. The summed E-state index contributed by atoms with van der Waals surface area (Å²) in [6.45, 7) is 4.15. The molecule has 0 unspecified atom stereocenters. The topological polar surface area (TPSA) is 118 Å². The van der Waals surface area contributed by atoms with Crippen LogP contribution < -0.4 is 4.90 Å². The molecular weight excluding hydrogens is 436 g/mol. The predicted octanol–water partition coefficient (Wildman–Crippen LogP) is 2.76. The van der Waals surface area contributed by atoms with E-state index in [2.05, 4.69) is 11.8 Å². The van der Waals surface area contributed by atoms with Crippen molar-refractivity contribution in [3.8, 4) is 0 Å². The normalized spacial score (nSPS) is 18.1. The van der Waals surface area contributed by atoms with Gasteiger partial charge in [0.1, 0.15) is 0 Å². The van der Waals surface area contributed by atoms with Gasteiger partial charge in [-0.1, -0.05) is 36.7 Å². The number of carbonyl (C=O) groups excluding carboxylic acids is 1. The number of likely N-dealkylation sites (tertiary alicyclic amines) is 1. The van der Waals surface area contributed by atoms with Gasteiger partial charge in [0.15, 0.2) is 0 Å². The number of hydrogen-bond donors (Lipinski definition) is 3. The molecular formula is C23H25ClN2O6. The van der Waals surface area contributed by atoms with Gasteiger partial charge in [-0.25, -0.2) is 9.59 Å². The second-order valence-corrected chi connectivity index (χ2v) is 7.45. The molecule has 2 atom stereocenters. The molecule has 0 spiro atoms. The molecule has 0 saturated carbocycles. The molecule has 0 bridgehead atoms. The number of aliphatic hydroxyl groups is 1. The standard InChI is InChI=1S/C19H21ClN2O2.C4H4O4/c1-2-21-12-17(18(23)13-21)22(16-6-4-3-5-7-16)19(24)14-8-10-15(20)11-9-14;5-3(6)1-2-4(7)8/h3-11,17-18,23H,2,12-13H2,1H3;1-2H,(H,5,6)(H,7,8)/b;2-1+/t17-,18-;/m0./s1. The number of hydrogen-bond acceptors (Lipinski definition) is 5. The molecule has 9 heteroatoms. The average molecular weight is 461 g/mol. The maximum absolute atomic E-state index is 13.1. The highest BCUT2D eigenvalue weighted by molar-refractivity contribution is 6.30. The van der Waals surface area contributed by atoms with Crippen LogP contribution >= 0.6 is 11.6 Å². The minimum atomic E-state index is -1.26. The third kappa shape index (κ3) is 7.19. The Hall–Kier alpha value is -3.20. The minimum absolute atomic E-state index is 0.125. The Balaban J connectivity index is 0.000000390. The monoisotopic (exact) mass is 460 g/mol. The number of aliphatic hydroxyl groups excluding tert-OH is 1. The Morgan fingerprint density at radius 3 is 2.03 bits per heavy atom. The summed E-state index contributed by atoms with van der Waals surface area (Å²) < 4.78 is 0. The number of likely N-dealkylation sites (N-methyl/N-ethyl adjacent to an activating group) is 1. The first-order valence-corrected chi connectivity index (χ1v) is 10.3. The second kappa shape index (κ2) is 12.0. The van der Waals surface area contributed by atoms with Gasteiger partial charge in [-0.05, 0) is 42.9 Å². The van der Waals surface area contributed by atoms with Crippen LogP contribution in [0.3, 0.4) is 0 Å². The molecule has 3 rings (SSSR count). The second-order valence-electron chi connectivity index (χ2n) is 7.01.